The van der Waals surface area contributed by atoms with Gasteiger partial charge in [0.05, 0.1) is 29.5 Å². The van der Waals surface area contributed by atoms with Crippen LogP contribution in [0.2, 0.25) is 0 Å². The minimum Gasteiger partial charge on any atom is -0.467 e. The Bertz CT molecular complexity index is 1330. The summed E-state index contributed by atoms with van der Waals surface area (Å²) < 4.78 is 6.61. The smallest absolute Gasteiger partial charge is 0.330 e. The van der Waals surface area contributed by atoms with E-state index in [4.69, 9.17) is 4.42 Å². The summed E-state index contributed by atoms with van der Waals surface area (Å²) in [6, 6.07) is 12.3. The molecule has 0 radical (unpaired) electrons. The molecule has 0 aliphatic carbocycles. The largest absolute Gasteiger partial charge is 0.467 e. The Kier molecular flexibility index (Phi) is 4.59. The fourth-order valence-corrected chi connectivity index (χ4v) is 3.13. The van der Waals surface area contributed by atoms with Gasteiger partial charge in [-0.25, -0.2) is 9.78 Å². The van der Waals surface area contributed by atoms with Crippen LogP contribution in [0.5, 0.6) is 0 Å². The SMILES string of the molecule is Cc1ccccc1NC(=O)c1cc2c(=O)[nH]c(=O)n(Cc3ccco3)c2nc1C. The average Bonchev–Trinajstić information content (AvgIpc) is 3.19. The molecule has 1 amide bonds. The highest BCUT2D eigenvalue weighted by molar-refractivity contribution is 6.06. The number of hydrogen-bond donors (Lipinski definition) is 2. The van der Waals surface area contributed by atoms with E-state index in [2.05, 4.69) is 15.3 Å². The van der Waals surface area contributed by atoms with Crippen molar-refractivity contribution in [3.63, 3.8) is 0 Å². The molecule has 0 spiro atoms. The number of hydrogen-bond acceptors (Lipinski definition) is 5. The molecule has 146 valence electrons. The van der Waals surface area contributed by atoms with Gasteiger partial charge in [0.1, 0.15) is 11.4 Å². The molecule has 29 heavy (non-hydrogen) atoms. The molecule has 0 bridgehead atoms. The molecule has 3 heterocycles. The number of nitrogens with one attached hydrogen (secondary N) is 2. The van der Waals surface area contributed by atoms with E-state index in [1.165, 1.54) is 16.9 Å². The van der Waals surface area contributed by atoms with Gasteiger partial charge in [0.25, 0.3) is 11.5 Å². The van der Waals surface area contributed by atoms with Gasteiger partial charge in [-0.2, -0.15) is 0 Å². The number of aromatic nitrogens is 3. The number of H-pyrrole nitrogens is 1. The van der Waals surface area contributed by atoms with Gasteiger partial charge in [-0.3, -0.25) is 19.1 Å². The van der Waals surface area contributed by atoms with E-state index in [-0.39, 0.29) is 29.0 Å². The zero-order valence-electron chi connectivity index (χ0n) is 15.9. The van der Waals surface area contributed by atoms with Gasteiger partial charge < -0.3 is 9.73 Å². The second-order valence-corrected chi connectivity index (χ2v) is 6.69. The van der Waals surface area contributed by atoms with Crippen LogP contribution in [0.3, 0.4) is 0 Å². The Balaban J connectivity index is 1.81. The van der Waals surface area contributed by atoms with Crippen molar-refractivity contribution in [2.24, 2.45) is 0 Å². The van der Waals surface area contributed by atoms with Crippen molar-refractivity contribution in [2.75, 3.05) is 5.32 Å². The molecule has 0 saturated carbocycles. The maximum Gasteiger partial charge on any atom is 0.330 e. The van der Waals surface area contributed by atoms with Crippen LogP contribution < -0.4 is 16.6 Å². The van der Waals surface area contributed by atoms with Crippen molar-refractivity contribution in [1.82, 2.24) is 14.5 Å². The molecule has 8 heteroatoms. The van der Waals surface area contributed by atoms with Crippen molar-refractivity contribution < 1.29 is 9.21 Å². The van der Waals surface area contributed by atoms with Crippen LogP contribution in [0.25, 0.3) is 11.0 Å². The Morgan fingerprint density at radius 3 is 2.69 bits per heavy atom. The number of carbonyl (C=O) groups excluding carboxylic acids is 1. The van der Waals surface area contributed by atoms with E-state index in [1.54, 1.807) is 25.1 Å². The number of para-hydroxylation sites is 1. The van der Waals surface area contributed by atoms with Crippen LogP contribution in [0.1, 0.15) is 27.4 Å². The molecule has 0 unspecified atom stereocenters. The average molecular weight is 390 g/mol. The van der Waals surface area contributed by atoms with Gasteiger partial charge in [0.15, 0.2) is 0 Å². The number of amides is 1. The summed E-state index contributed by atoms with van der Waals surface area (Å²) in [6.45, 7) is 3.66. The van der Waals surface area contributed by atoms with Gasteiger partial charge in [-0.05, 0) is 43.7 Å². The van der Waals surface area contributed by atoms with Gasteiger partial charge in [-0.15, -0.1) is 0 Å². The summed E-state index contributed by atoms with van der Waals surface area (Å²) in [5.41, 5.74) is 1.25. The summed E-state index contributed by atoms with van der Waals surface area (Å²) in [4.78, 5) is 44.2. The Morgan fingerprint density at radius 2 is 1.97 bits per heavy atom. The van der Waals surface area contributed by atoms with Crippen LogP contribution >= 0.6 is 0 Å². The highest BCUT2D eigenvalue weighted by atomic mass is 16.3. The Morgan fingerprint density at radius 1 is 1.17 bits per heavy atom. The second-order valence-electron chi connectivity index (χ2n) is 6.69. The first-order valence-electron chi connectivity index (χ1n) is 8.98. The lowest BCUT2D eigenvalue weighted by Gasteiger charge is -2.12. The third-order valence-corrected chi connectivity index (χ3v) is 4.69. The predicted octanol–water partition coefficient (Wildman–Crippen LogP) is 2.60. The fourth-order valence-electron chi connectivity index (χ4n) is 3.13. The van der Waals surface area contributed by atoms with Crippen LogP contribution in [0.4, 0.5) is 5.69 Å². The number of benzene rings is 1. The van der Waals surface area contributed by atoms with E-state index in [1.807, 2.05) is 25.1 Å². The maximum atomic E-state index is 12.8. The first kappa shape index (κ1) is 18.4. The van der Waals surface area contributed by atoms with Gasteiger partial charge in [0.2, 0.25) is 0 Å². The van der Waals surface area contributed by atoms with Crippen LogP contribution in [0.15, 0.2) is 62.7 Å². The van der Waals surface area contributed by atoms with Crippen molar-refractivity contribution in [3.05, 3.63) is 92.1 Å². The molecule has 0 fully saturated rings. The van der Waals surface area contributed by atoms with Crippen molar-refractivity contribution in [2.45, 2.75) is 20.4 Å². The molecule has 4 rings (SSSR count). The van der Waals surface area contributed by atoms with Gasteiger partial charge >= 0.3 is 5.69 Å². The number of aromatic amines is 1. The molecule has 0 aliphatic heterocycles. The van der Waals surface area contributed by atoms with E-state index < -0.39 is 11.2 Å². The van der Waals surface area contributed by atoms with E-state index in [0.29, 0.717) is 17.1 Å². The maximum absolute atomic E-state index is 12.8. The number of pyridine rings is 1. The van der Waals surface area contributed by atoms with E-state index in [0.717, 1.165) is 5.56 Å². The Hall–Kier alpha value is -3.94. The number of rotatable bonds is 4. The zero-order valence-corrected chi connectivity index (χ0v) is 15.9. The molecule has 0 atom stereocenters. The fraction of sp³-hybridized carbons (Fsp3) is 0.143. The molecular weight excluding hydrogens is 372 g/mol. The topological polar surface area (TPSA) is 110 Å². The molecule has 4 aromatic rings. The second kappa shape index (κ2) is 7.23. The van der Waals surface area contributed by atoms with Gasteiger partial charge in [0, 0.05) is 5.69 Å². The normalized spacial score (nSPS) is 11.0. The quantitative estimate of drug-likeness (QED) is 0.557. The summed E-state index contributed by atoms with van der Waals surface area (Å²) in [7, 11) is 0. The first-order chi connectivity index (χ1) is 13.9. The Labute approximate surface area is 164 Å². The summed E-state index contributed by atoms with van der Waals surface area (Å²) >= 11 is 0. The number of fused-ring (bicyclic) bond motifs is 1. The van der Waals surface area contributed by atoms with Crippen LogP contribution in [-0.4, -0.2) is 20.4 Å². The van der Waals surface area contributed by atoms with Crippen LogP contribution in [-0.2, 0) is 6.54 Å². The highest BCUT2D eigenvalue weighted by Crippen LogP contribution is 2.18. The van der Waals surface area contributed by atoms with Crippen molar-refractivity contribution in [3.8, 4) is 0 Å². The first-order valence-corrected chi connectivity index (χ1v) is 8.98. The summed E-state index contributed by atoms with van der Waals surface area (Å²) in [5.74, 6) is 0.163. The summed E-state index contributed by atoms with van der Waals surface area (Å²) in [6.07, 6.45) is 1.50. The minimum absolute atomic E-state index is 0.111. The molecule has 0 aliphatic rings. The number of furan rings is 1. The molecule has 8 nitrogen and oxygen atoms in total. The van der Waals surface area contributed by atoms with Crippen LogP contribution in [0, 0.1) is 13.8 Å². The third kappa shape index (κ3) is 3.47. The zero-order chi connectivity index (χ0) is 20.5. The number of aryl methyl sites for hydroxylation is 2. The number of anilines is 1. The standard InChI is InChI=1S/C21H18N4O4/c1-12-6-3-4-8-17(12)23-19(26)15-10-16-18(22-13(15)2)25(21(28)24-20(16)27)11-14-7-5-9-29-14/h3-10H,11H2,1-2H3,(H,23,26)(H,24,27,28). The minimum atomic E-state index is -0.599. The van der Waals surface area contributed by atoms with Gasteiger partial charge in [-0.1, -0.05) is 18.2 Å². The number of nitrogens with zero attached hydrogens (tertiary/aromatic N) is 2. The molecular formula is C21H18N4O4. The monoisotopic (exact) mass is 390 g/mol. The lowest BCUT2D eigenvalue weighted by Crippen LogP contribution is -2.31. The van der Waals surface area contributed by atoms with Crippen molar-refractivity contribution >= 4 is 22.6 Å². The molecule has 1 aromatic carbocycles. The lowest BCUT2D eigenvalue weighted by atomic mass is 10.1. The number of carbonyl (C=O) groups is 1. The highest BCUT2D eigenvalue weighted by Gasteiger charge is 2.17. The molecule has 2 N–H and O–H groups in total. The molecule has 0 saturated heterocycles. The lowest BCUT2D eigenvalue weighted by molar-refractivity contribution is 0.102. The molecule has 3 aromatic heterocycles. The van der Waals surface area contributed by atoms with E-state index in [9.17, 15) is 14.4 Å². The predicted molar refractivity (Wildman–Crippen MR) is 108 cm³/mol. The summed E-state index contributed by atoms with van der Waals surface area (Å²) in [5, 5.41) is 2.99. The third-order valence-electron chi connectivity index (χ3n) is 4.69. The van der Waals surface area contributed by atoms with Crippen molar-refractivity contribution in [1.29, 1.82) is 0 Å². The van der Waals surface area contributed by atoms with E-state index >= 15 is 0 Å².